The van der Waals surface area contributed by atoms with Crippen LogP contribution >= 0.6 is 27.3 Å². The maximum atomic E-state index is 3.59. The minimum Gasteiger partial charge on any atom is -0.312 e. The summed E-state index contributed by atoms with van der Waals surface area (Å²) >= 11 is 5.50. The molecule has 0 spiro atoms. The minimum atomic E-state index is 0.582. The molecule has 1 nitrogen and oxygen atoms in total. The van der Waals surface area contributed by atoms with E-state index in [-0.39, 0.29) is 0 Å². The van der Waals surface area contributed by atoms with Crippen molar-refractivity contribution in [2.24, 2.45) is 5.92 Å². The third-order valence-corrected chi connectivity index (χ3v) is 5.33. The third kappa shape index (κ3) is 1.90. The summed E-state index contributed by atoms with van der Waals surface area (Å²) in [4.78, 5) is 2.88. The molecule has 1 heterocycles. The first kappa shape index (κ1) is 10.7. The Labute approximate surface area is 98.0 Å². The first-order valence-corrected chi connectivity index (χ1v) is 6.76. The van der Waals surface area contributed by atoms with Crippen LogP contribution in [0.15, 0.2) is 10.5 Å². The van der Waals surface area contributed by atoms with Crippen LogP contribution in [-0.2, 0) is 0 Å². The van der Waals surface area contributed by atoms with Gasteiger partial charge >= 0.3 is 0 Å². The molecule has 78 valence electrons. The first-order chi connectivity index (χ1) is 6.72. The van der Waals surface area contributed by atoms with E-state index >= 15 is 0 Å². The monoisotopic (exact) mass is 273 g/mol. The second-order valence-corrected chi connectivity index (χ2v) is 6.15. The van der Waals surface area contributed by atoms with Crippen molar-refractivity contribution >= 4 is 27.3 Å². The fourth-order valence-corrected chi connectivity index (χ4v) is 3.78. The summed E-state index contributed by atoms with van der Waals surface area (Å²) < 4.78 is 1.26. The molecule has 1 fully saturated rings. The zero-order chi connectivity index (χ0) is 10.1. The van der Waals surface area contributed by atoms with Crippen LogP contribution in [0.25, 0.3) is 0 Å². The van der Waals surface area contributed by atoms with E-state index in [0.29, 0.717) is 6.04 Å². The normalized spacial score (nSPS) is 19.4. The van der Waals surface area contributed by atoms with Gasteiger partial charge in [-0.1, -0.05) is 6.42 Å². The van der Waals surface area contributed by atoms with Crippen molar-refractivity contribution in [3.63, 3.8) is 0 Å². The molecule has 3 heteroatoms. The summed E-state index contributed by atoms with van der Waals surface area (Å²) in [6.07, 6.45) is 4.19. The second kappa shape index (κ2) is 4.33. The number of thiophene rings is 1. The summed E-state index contributed by atoms with van der Waals surface area (Å²) in [5.74, 6) is 0.866. The van der Waals surface area contributed by atoms with Gasteiger partial charge in [0.2, 0.25) is 0 Å². The van der Waals surface area contributed by atoms with Gasteiger partial charge in [0, 0.05) is 20.3 Å². The van der Waals surface area contributed by atoms with E-state index in [9.17, 15) is 0 Å². The van der Waals surface area contributed by atoms with E-state index in [1.54, 1.807) is 0 Å². The average Bonchev–Trinajstić information content (AvgIpc) is 2.39. The second-order valence-electron chi connectivity index (χ2n) is 4.01. The Morgan fingerprint density at radius 1 is 1.57 bits per heavy atom. The number of aryl methyl sites for hydroxylation is 1. The van der Waals surface area contributed by atoms with Crippen LogP contribution in [0, 0.1) is 12.8 Å². The molecule has 1 saturated carbocycles. The van der Waals surface area contributed by atoms with E-state index in [2.05, 4.69) is 41.3 Å². The summed E-state index contributed by atoms with van der Waals surface area (Å²) in [6.45, 7) is 2.17. The third-order valence-electron chi connectivity index (χ3n) is 3.12. The molecule has 1 aliphatic rings. The van der Waals surface area contributed by atoms with Crippen LogP contribution < -0.4 is 5.32 Å². The highest BCUT2D eigenvalue weighted by atomic mass is 79.9. The van der Waals surface area contributed by atoms with Gasteiger partial charge < -0.3 is 5.32 Å². The molecular weight excluding hydrogens is 258 g/mol. The predicted octanol–water partition coefficient (Wildman–Crippen LogP) is 3.88. The largest absolute Gasteiger partial charge is 0.312 e. The van der Waals surface area contributed by atoms with Crippen molar-refractivity contribution in [3.05, 3.63) is 20.3 Å². The molecule has 1 atom stereocenters. The lowest BCUT2D eigenvalue weighted by Crippen LogP contribution is -2.29. The lowest BCUT2D eigenvalue weighted by molar-refractivity contribution is 0.242. The van der Waals surface area contributed by atoms with Crippen molar-refractivity contribution < 1.29 is 0 Å². The lowest BCUT2D eigenvalue weighted by atomic mass is 9.79. The van der Waals surface area contributed by atoms with Gasteiger partial charge in [0.15, 0.2) is 0 Å². The molecule has 1 aromatic heterocycles. The molecule has 14 heavy (non-hydrogen) atoms. The highest BCUT2D eigenvalue weighted by molar-refractivity contribution is 9.10. The van der Waals surface area contributed by atoms with Crippen molar-refractivity contribution in [1.82, 2.24) is 5.32 Å². The molecule has 0 saturated heterocycles. The zero-order valence-corrected chi connectivity index (χ0v) is 11.0. The van der Waals surface area contributed by atoms with Crippen LogP contribution in [0.3, 0.4) is 0 Å². The summed E-state index contributed by atoms with van der Waals surface area (Å²) in [7, 11) is 2.08. The standard InChI is InChI=1S/C11H16BrNS/c1-7-9(12)6-10(14-7)11(13-2)8-4-3-5-8/h6,8,11,13H,3-5H2,1-2H3. The summed E-state index contributed by atoms with van der Waals surface area (Å²) in [5, 5.41) is 3.45. The molecule has 1 unspecified atom stereocenters. The summed E-state index contributed by atoms with van der Waals surface area (Å²) in [5.41, 5.74) is 0. The smallest absolute Gasteiger partial charge is 0.0441 e. The molecule has 0 bridgehead atoms. The molecule has 0 aliphatic heterocycles. The van der Waals surface area contributed by atoms with Crippen LogP contribution in [0.4, 0.5) is 0 Å². The van der Waals surface area contributed by atoms with Crippen LogP contribution in [0.5, 0.6) is 0 Å². The SMILES string of the molecule is CNC(c1cc(Br)c(C)s1)C1CCC1. The number of rotatable bonds is 3. The summed E-state index contributed by atoms with van der Waals surface area (Å²) in [6, 6.07) is 2.86. The molecule has 1 aliphatic carbocycles. The Morgan fingerprint density at radius 3 is 2.64 bits per heavy atom. The van der Waals surface area contributed by atoms with E-state index in [0.717, 1.165) is 5.92 Å². The quantitative estimate of drug-likeness (QED) is 0.882. The number of halogens is 1. The Bertz CT molecular complexity index is 298. The molecule has 0 radical (unpaired) electrons. The van der Waals surface area contributed by atoms with E-state index in [4.69, 9.17) is 0 Å². The maximum absolute atomic E-state index is 3.59. The van der Waals surface area contributed by atoms with Gasteiger partial charge in [0.25, 0.3) is 0 Å². The van der Waals surface area contributed by atoms with Crippen molar-refractivity contribution in [2.45, 2.75) is 32.2 Å². The molecule has 0 amide bonds. The molecule has 1 aromatic rings. The average molecular weight is 274 g/mol. The maximum Gasteiger partial charge on any atom is 0.0441 e. The van der Waals surface area contributed by atoms with Crippen LogP contribution in [0.1, 0.15) is 35.1 Å². The molecule has 0 aromatic carbocycles. The molecule has 1 N–H and O–H groups in total. The van der Waals surface area contributed by atoms with Gasteiger partial charge in [0.05, 0.1) is 0 Å². The van der Waals surface area contributed by atoms with Crippen molar-refractivity contribution in [3.8, 4) is 0 Å². The highest BCUT2D eigenvalue weighted by Crippen LogP contribution is 2.41. The van der Waals surface area contributed by atoms with Crippen LogP contribution in [-0.4, -0.2) is 7.05 Å². The van der Waals surface area contributed by atoms with E-state index < -0.39 is 0 Å². The van der Waals surface area contributed by atoms with Gasteiger partial charge in [0.1, 0.15) is 0 Å². The Balaban J connectivity index is 2.17. The topological polar surface area (TPSA) is 12.0 Å². The number of hydrogen-bond acceptors (Lipinski definition) is 2. The first-order valence-electron chi connectivity index (χ1n) is 5.15. The van der Waals surface area contributed by atoms with Gasteiger partial charge in [-0.05, 0) is 54.7 Å². The highest BCUT2D eigenvalue weighted by Gasteiger charge is 2.28. The van der Waals surface area contributed by atoms with Gasteiger partial charge in [-0.25, -0.2) is 0 Å². The van der Waals surface area contributed by atoms with E-state index in [1.165, 1.54) is 33.5 Å². The fourth-order valence-electron chi connectivity index (χ4n) is 2.02. The van der Waals surface area contributed by atoms with Gasteiger partial charge in [-0.3, -0.25) is 0 Å². The Morgan fingerprint density at radius 2 is 2.29 bits per heavy atom. The predicted molar refractivity (Wildman–Crippen MR) is 65.9 cm³/mol. The number of hydrogen-bond donors (Lipinski definition) is 1. The zero-order valence-electron chi connectivity index (χ0n) is 8.64. The fraction of sp³-hybridized carbons (Fsp3) is 0.636. The van der Waals surface area contributed by atoms with Crippen molar-refractivity contribution in [1.29, 1.82) is 0 Å². The Kier molecular flexibility index (Phi) is 3.30. The Hall–Kier alpha value is 0.140. The van der Waals surface area contributed by atoms with Crippen molar-refractivity contribution in [2.75, 3.05) is 7.05 Å². The van der Waals surface area contributed by atoms with Crippen LogP contribution in [0.2, 0.25) is 0 Å². The molecular formula is C11H16BrNS. The molecule has 2 rings (SSSR count). The van der Waals surface area contributed by atoms with E-state index in [1.807, 2.05) is 11.3 Å². The minimum absolute atomic E-state index is 0.582. The number of nitrogens with one attached hydrogen (secondary N) is 1. The van der Waals surface area contributed by atoms with Gasteiger partial charge in [-0.2, -0.15) is 0 Å². The van der Waals surface area contributed by atoms with Gasteiger partial charge in [-0.15, -0.1) is 11.3 Å². The lowest BCUT2D eigenvalue weighted by Gasteiger charge is -2.33.